The summed E-state index contributed by atoms with van der Waals surface area (Å²) in [5, 5.41) is 0. The summed E-state index contributed by atoms with van der Waals surface area (Å²) in [7, 11) is 0. The fourth-order valence-corrected chi connectivity index (χ4v) is 9.24. The molecule has 7 heteroatoms. The number of hydrogen-bond donors (Lipinski definition) is 0. The summed E-state index contributed by atoms with van der Waals surface area (Å²) in [6, 6.07) is 0. The molecule has 0 aliphatic carbocycles. The van der Waals surface area contributed by atoms with Gasteiger partial charge in [0.1, 0.15) is 0 Å². The average Bonchev–Trinajstić information content (AvgIpc) is 3.32. The van der Waals surface area contributed by atoms with Gasteiger partial charge in [-0.1, -0.05) is 284 Å². The quantitative estimate of drug-likeness (QED) is 0.0259. The number of hydrogen-bond acceptors (Lipinski definition) is 7. The smallest absolute Gasteiger partial charge is 0.313 e. The van der Waals surface area contributed by atoms with Crippen LogP contribution in [0.15, 0.2) is 0 Å². The summed E-state index contributed by atoms with van der Waals surface area (Å²) in [4.78, 5) is 48.2. The summed E-state index contributed by atoms with van der Waals surface area (Å²) in [5.74, 6) is -0.761. The molecule has 0 amide bonds. The molecule has 0 saturated heterocycles. The Hall–Kier alpha value is -1.92. The molecule has 0 aromatic carbocycles. The molecule has 0 rings (SSSR count). The van der Waals surface area contributed by atoms with E-state index < -0.39 is 0 Å². The van der Waals surface area contributed by atoms with Gasteiger partial charge in [0.25, 0.3) is 0 Å². The fraction of sp³-hybridized carbons (Fsp3) is 0.933. The molecule has 0 aliphatic heterocycles. The van der Waals surface area contributed by atoms with E-state index in [-0.39, 0.29) is 23.9 Å². The van der Waals surface area contributed by atoms with Gasteiger partial charge in [0.05, 0.1) is 13.2 Å². The van der Waals surface area contributed by atoms with Crippen molar-refractivity contribution in [3.63, 3.8) is 0 Å². The van der Waals surface area contributed by atoms with E-state index in [4.69, 9.17) is 14.2 Å². The van der Waals surface area contributed by atoms with Crippen LogP contribution < -0.4 is 0 Å². The lowest BCUT2D eigenvalue weighted by Crippen LogP contribution is -2.11. The first-order valence-corrected chi connectivity index (χ1v) is 30.0. The van der Waals surface area contributed by atoms with Gasteiger partial charge in [0, 0.05) is 25.7 Å². The summed E-state index contributed by atoms with van der Waals surface area (Å²) in [5.41, 5.74) is 0. The van der Waals surface area contributed by atoms with Gasteiger partial charge in [-0.15, -0.1) is 0 Å². The average molecular weight is 948 g/mol. The zero-order chi connectivity index (χ0) is 48.6. The maximum atomic E-state index is 12.1. The zero-order valence-corrected chi connectivity index (χ0v) is 45.0. The predicted octanol–water partition coefficient (Wildman–Crippen LogP) is 19.5. The molecule has 0 spiro atoms. The Bertz CT molecular complexity index is 963. The van der Waals surface area contributed by atoms with Gasteiger partial charge in [0.2, 0.25) is 0 Å². The third kappa shape index (κ3) is 56.6. The Morgan fingerprint density at radius 3 is 0.582 bits per heavy atom. The van der Waals surface area contributed by atoms with Gasteiger partial charge in [-0.3, -0.25) is 19.2 Å². The summed E-state index contributed by atoms with van der Waals surface area (Å²) < 4.78 is 16.0. The van der Waals surface area contributed by atoms with Crippen LogP contribution in [0.5, 0.6) is 0 Å². The van der Waals surface area contributed by atoms with Crippen LogP contribution in [0.3, 0.4) is 0 Å². The Morgan fingerprint density at radius 1 is 0.209 bits per heavy atom. The molecule has 0 atom stereocenters. The number of carbonyl (C=O) groups excluding carboxylic acids is 4. The van der Waals surface area contributed by atoms with Crippen molar-refractivity contribution in [1.82, 2.24) is 0 Å². The molecular weight excluding hydrogens is 833 g/mol. The fourth-order valence-electron chi connectivity index (χ4n) is 9.24. The SMILES string of the molecule is CCCCCCCCCCCCCCCC(=O)OCCCCCCCCCCCCCC(=O)OC(=O)CCCCCCCCCCCCCOC(=O)CCCCCCCCCCCCCCC. The molecule has 0 bridgehead atoms. The van der Waals surface area contributed by atoms with Crippen molar-refractivity contribution < 1.29 is 33.4 Å². The molecule has 0 heterocycles. The summed E-state index contributed by atoms with van der Waals surface area (Å²) >= 11 is 0. The Labute approximate surface area is 416 Å². The number of carbonyl (C=O) groups is 4. The molecule has 0 N–H and O–H groups in total. The van der Waals surface area contributed by atoms with E-state index in [1.807, 2.05) is 0 Å². The van der Waals surface area contributed by atoms with Crippen LogP contribution in [0.4, 0.5) is 0 Å². The first-order chi connectivity index (χ1) is 33.0. The highest BCUT2D eigenvalue weighted by molar-refractivity contribution is 5.85. The minimum Gasteiger partial charge on any atom is -0.466 e. The van der Waals surface area contributed by atoms with E-state index in [1.54, 1.807) is 0 Å². The molecule has 0 aromatic heterocycles. The van der Waals surface area contributed by atoms with Crippen molar-refractivity contribution in [1.29, 1.82) is 0 Å². The van der Waals surface area contributed by atoms with Gasteiger partial charge in [0.15, 0.2) is 0 Å². The lowest BCUT2D eigenvalue weighted by Gasteiger charge is -2.06. The van der Waals surface area contributed by atoms with Crippen molar-refractivity contribution in [2.75, 3.05) is 13.2 Å². The predicted molar refractivity (Wildman–Crippen MR) is 284 cm³/mol. The highest BCUT2D eigenvalue weighted by Gasteiger charge is 2.10. The van der Waals surface area contributed by atoms with E-state index in [2.05, 4.69) is 13.8 Å². The second kappa shape index (κ2) is 56.7. The number of ether oxygens (including phenoxy) is 3. The molecule has 396 valence electrons. The maximum absolute atomic E-state index is 12.1. The van der Waals surface area contributed by atoms with Crippen LogP contribution in [-0.2, 0) is 33.4 Å². The Kier molecular flexibility index (Phi) is 55.0. The van der Waals surface area contributed by atoms with Gasteiger partial charge < -0.3 is 14.2 Å². The molecular formula is C60H114O7. The third-order valence-electron chi connectivity index (χ3n) is 13.8. The first-order valence-electron chi connectivity index (χ1n) is 30.0. The Morgan fingerprint density at radius 2 is 0.373 bits per heavy atom. The molecule has 0 unspecified atom stereocenters. The van der Waals surface area contributed by atoms with E-state index in [0.29, 0.717) is 38.9 Å². The normalized spacial score (nSPS) is 11.3. The monoisotopic (exact) mass is 947 g/mol. The van der Waals surface area contributed by atoms with Crippen molar-refractivity contribution in [2.45, 2.75) is 348 Å². The van der Waals surface area contributed by atoms with Crippen LogP contribution in [0.1, 0.15) is 348 Å². The van der Waals surface area contributed by atoms with Crippen molar-refractivity contribution in [3.05, 3.63) is 0 Å². The minimum absolute atomic E-state index is 0.0154. The van der Waals surface area contributed by atoms with E-state index >= 15 is 0 Å². The lowest BCUT2D eigenvalue weighted by molar-refractivity contribution is -0.160. The zero-order valence-electron chi connectivity index (χ0n) is 45.0. The number of esters is 4. The highest BCUT2D eigenvalue weighted by Crippen LogP contribution is 2.17. The van der Waals surface area contributed by atoms with Crippen molar-refractivity contribution in [3.8, 4) is 0 Å². The van der Waals surface area contributed by atoms with Crippen LogP contribution >= 0.6 is 0 Å². The maximum Gasteiger partial charge on any atom is 0.313 e. The topological polar surface area (TPSA) is 96.0 Å². The molecule has 0 saturated carbocycles. The van der Waals surface area contributed by atoms with Crippen LogP contribution in [0, 0.1) is 0 Å². The standard InChI is InChI=1S/C60H114O7/c1-3-5-7-9-11-13-15-17-21-27-33-39-45-51-57(61)65-55-49-43-37-31-25-19-23-29-35-41-47-53-59(63)67-60(64)54-48-42-36-30-24-20-26-32-38-44-50-56-66-58(62)52-46-40-34-28-22-18-16-14-12-10-8-6-4-2/h3-56H2,1-2H3. The van der Waals surface area contributed by atoms with Crippen molar-refractivity contribution >= 4 is 23.9 Å². The second-order valence-corrected chi connectivity index (χ2v) is 20.6. The van der Waals surface area contributed by atoms with Gasteiger partial charge in [-0.25, -0.2) is 0 Å². The van der Waals surface area contributed by atoms with Gasteiger partial charge in [-0.2, -0.15) is 0 Å². The van der Waals surface area contributed by atoms with Gasteiger partial charge in [-0.05, 0) is 38.5 Å². The Balaban J connectivity index is 3.32. The summed E-state index contributed by atoms with van der Waals surface area (Å²) in [6.07, 6.45) is 61.0. The lowest BCUT2D eigenvalue weighted by atomic mass is 10.0. The molecule has 0 fully saturated rings. The largest absolute Gasteiger partial charge is 0.466 e. The number of rotatable bonds is 56. The van der Waals surface area contributed by atoms with Crippen LogP contribution in [0.2, 0.25) is 0 Å². The first kappa shape index (κ1) is 65.1. The van der Waals surface area contributed by atoms with Gasteiger partial charge >= 0.3 is 23.9 Å². The molecule has 0 aliphatic rings. The second-order valence-electron chi connectivity index (χ2n) is 20.6. The highest BCUT2D eigenvalue weighted by atomic mass is 16.6. The molecule has 0 radical (unpaired) electrons. The van der Waals surface area contributed by atoms with Crippen LogP contribution in [0.25, 0.3) is 0 Å². The molecule has 7 nitrogen and oxygen atoms in total. The molecule has 0 aromatic rings. The van der Waals surface area contributed by atoms with E-state index in [9.17, 15) is 19.2 Å². The van der Waals surface area contributed by atoms with E-state index in [1.165, 1.54) is 218 Å². The van der Waals surface area contributed by atoms with Crippen LogP contribution in [-0.4, -0.2) is 37.1 Å². The summed E-state index contributed by atoms with van der Waals surface area (Å²) in [6.45, 7) is 5.70. The van der Waals surface area contributed by atoms with E-state index in [0.717, 1.165) is 89.9 Å². The molecule has 67 heavy (non-hydrogen) atoms. The van der Waals surface area contributed by atoms with Crippen molar-refractivity contribution in [2.24, 2.45) is 0 Å². The minimum atomic E-state index is -0.365. The third-order valence-corrected chi connectivity index (χ3v) is 13.8. The number of unbranched alkanes of at least 4 members (excludes halogenated alkanes) is 44.